The number of nitrogens with two attached hydrogens (primary N) is 1. The monoisotopic (exact) mass is 509 g/mol. The summed E-state index contributed by atoms with van der Waals surface area (Å²) in [6.07, 6.45) is 17.2. The van der Waals surface area contributed by atoms with Crippen LogP contribution in [0.5, 0.6) is 0 Å². The van der Waals surface area contributed by atoms with Crippen LogP contribution < -0.4 is 5.73 Å². The van der Waals surface area contributed by atoms with Gasteiger partial charge in [0.25, 0.3) is 0 Å². The zero-order valence-electron chi connectivity index (χ0n) is 21.8. The molecule has 0 radical (unpaired) electrons. The Morgan fingerprint density at radius 1 is 0.765 bits per heavy atom. The second-order valence-corrected chi connectivity index (χ2v) is 10.4. The van der Waals surface area contributed by atoms with Crippen molar-refractivity contribution >= 4 is 13.8 Å². The minimum Gasteiger partial charge on any atom is -0.457 e. The summed E-state index contributed by atoms with van der Waals surface area (Å²) in [7, 11) is -4.24. The van der Waals surface area contributed by atoms with Gasteiger partial charge in [0.05, 0.1) is 19.8 Å². The third-order valence-corrected chi connectivity index (χ3v) is 6.51. The summed E-state index contributed by atoms with van der Waals surface area (Å²) in [6.45, 7) is 4.80. The van der Waals surface area contributed by atoms with Crippen LogP contribution in [0.1, 0.15) is 117 Å². The third kappa shape index (κ3) is 23.3. The van der Waals surface area contributed by atoms with Crippen molar-refractivity contribution in [3.8, 4) is 0 Å². The smallest absolute Gasteiger partial charge is 0.457 e. The van der Waals surface area contributed by atoms with Gasteiger partial charge < -0.3 is 20.1 Å². The van der Waals surface area contributed by atoms with Crippen LogP contribution >= 0.6 is 7.82 Å². The second-order valence-electron chi connectivity index (χ2n) is 8.92. The van der Waals surface area contributed by atoms with Gasteiger partial charge in [-0.25, -0.2) is 4.57 Å². The second kappa shape index (κ2) is 24.2. The Hall–Kier alpha value is -0.500. The molecule has 2 atom stereocenters. The summed E-state index contributed by atoms with van der Waals surface area (Å²) in [4.78, 5) is 21.9. The molecule has 3 N–H and O–H groups in total. The molecular weight excluding hydrogens is 457 g/mol. The number of hydrogen-bond acceptors (Lipinski definition) is 7. The molecule has 204 valence electrons. The van der Waals surface area contributed by atoms with Gasteiger partial charge in [-0.05, 0) is 12.8 Å². The molecule has 2 unspecified atom stereocenters. The van der Waals surface area contributed by atoms with Crippen LogP contribution in [-0.2, 0) is 27.9 Å². The Morgan fingerprint density at radius 3 is 1.85 bits per heavy atom. The Bertz CT molecular complexity index is 508. The van der Waals surface area contributed by atoms with Crippen LogP contribution in [0.3, 0.4) is 0 Å². The van der Waals surface area contributed by atoms with Crippen molar-refractivity contribution in [2.24, 2.45) is 5.73 Å². The lowest BCUT2D eigenvalue weighted by atomic mass is 10.1. The van der Waals surface area contributed by atoms with Gasteiger partial charge in [-0.2, -0.15) is 0 Å². The quantitative estimate of drug-likeness (QED) is 0.0794. The van der Waals surface area contributed by atoms with E-state index >= 15 is 0 Å². The fraction of sp³-hybridized carbons (Fsp3) is 0.960. The first-order chi connectivity index (χ1) is 16.4. The molecule has 0 fully saturated rings. The predicted molar refractivity (Wildman–Crippen MR) is 137 cm³/mol. The maximum Gasteiger partial charge on any atom is 0.472 e. The van der Waals surface area contributed by atoms with Crippen molar-refractivity contribution in [3.05, 3.63) is 0 Å². The van der Waals surface area contributed by atoms with Crippen molar-refractivity contribution in [1.29, 1.82) is 0 Å². The number of esters is 1. The molecule has 0 aliphatic heterocycles. The predicted octanol–water partition coefficient (Wildman–Crippen LogP) is 6.29. The first kappa shape index (κ1) is 33.5. The lowest BCUT2D eigenvalue weighted by Gasteiger charge is -2.20. The molecule has 0 aromatic heterocycles. The van der Waals surface area contributed by atoms with Gasteiger partial charge in [0.15, 0.2) is 0 Å². The van der Waals surface area contributed by atoms with E-state index in [1.54, 1.807) is 0 Å². The topological polar surface area (TPSA) is 117 Å². The van der Waals surface area contributed by atoms with Gasteiger partial charge in [0, 0.05) is 19.6 Å². The number of phosphoric acid groups is 1. The van der Waals surface area contributed by atoms with Crippen molar-refractivity contribution < 1.29 is 32.8 Å². The maximum atomic E-state index is 12.2. The average molecular weight is 510 g/mol. The molecule has 0 spiro atoms. The molecular formula is C25H52NO7P. The van der Waals surface area contributed by atoms with Gasteiger partial charge in [0.2, 0.25) is 0 Å². The molecule has 0 rings (SSSR count). The molecule has 8 nitrogen and oxygen atoms in total. The molecule has 9 heteroatoms. The molecule has 0 aromatic carbocycles. The first-order valence-corrected chi connectivity index (χ1v) is 15.0. The highest BCUT2D eigenvalue weighted by molar-refractivity contribution is 7.47. The van der Waals surface area contributed by atoms with E-state index in [1.165, 1.54) is 51.4 Å². The number of carbonyl (C=O) groups is 1. The van der Waals surface area contributed by atoms with Gasteiger partial charge in [-0.1, -0.05) is 97.3 Å². The minimum atomic E-state index is -4.24. The molecule has 0 heterocycles. The molecule has 0 bridgehead atoms. The highest BCUT2D eigenvalue weighted by atomic mass is 31.2. The van der Waals surface area contributed by atoms with E-state index in [1.807, 2.05) is 0 Å². The molecule has 0 saturated carbocycles. The van der Waals surface area contributed by atoms with Crippen LogP contribution in [0, 0.1) is 0 Å². The van der Waals surface area contributed by atoms with E-state index in [4.69, 9.17) is 24.3 Å². The number of unbranched alkanes of at least 4 members (excludes halogenated alkanes) is 13. The number of rotatable bonds is 26. The van der Waals surface area contributed by atoms with E-state index < -0.39 is 13.9 Å². The summed E-state index contributed by atoms with van der Waals surface area (Å²) in [5.41, 5.74) is 5.29. The standard InChI is InChI=1S/C25H52NO7P/c1-3-5-7-9-10-11-12-13-15-17-20-30-22-24(23-32-34(28,29)31-21-19-26)33-25(27)18-16-14-8-6-4-2/h24H,3-23,26H2,1-2H3,(H,28,29). The van der Waals surface area contributed by atoms with Gasteiger partial charge in [-0.15, -0.1) is 0 Å². The van der Waals surface area contributed by atoms with Crippen LogP contribution in [0.2, 0.25) is 0 Å². The van der Waals surface area contributed by atoms with Crippen LogP contribution in [-0.4, -0.2) is 49.9 Å². The number of carbonyl (C=O) groups excluding carboxylic acids is 1. The molecule has 0 aromatic rings. The Balaban J connectivity index is 4.16. The lowest BCUT2D eigenvalue weighted by molar-refractivity contribution is -0.154. The molecule has 0 amide bonds. The fourth-order valence-electron chi connectivity index (χ4n) is 3.52. The van der Waals surface area contributed by atoms with Crippen molar-refractivity contribution in [2.75, 3.05) is 33.0 Å². The van der Waals surface area contributed by atoms with Gasteiger partial charge in [0.1, 0.15) is 6.10 Å². The zero-order valence-corrected chi connectivity index (χ0v) is 22.7. The summed E-state index contributed by atoms with van der Waals surface area (Å²) < 4.78 is 32.7. The van der Waals surface area contributed by atoms with Crippen LogP contribution in [0.25, 0.3) is 0 Å². The molecule has 0 aliphatic carbocycles. The highest BCUT2D eigenvalue weighted by Crippen LogP contribution is 2.43. The summed E-state index contributed by atoms with van der Waals surface area (Å²) in [6, 6.07) is 0. The van der Waals surface area contributed by atoms with E-state index in [0.717, 1.165) is 44.9 Å². The van der Waals surface area contributed by atoms with E-state index in [2.05, 4.69) is 13.8 Å². The minimum absolute atomic E-state index is 0.0920. The van der Waals surface area contributed by atoms with Gasteiger partial charge in [-0.3, -0.25) is 13.8 Å². The number of ether oxygens (including phenoxy) is 2. The Kier molecular flexibility index (Phi) is 23.8. The van der Waals surface area contributed by atoms with Crippen molar-refractivity contribution in [1.82, 2.24) is 0 Å². The Morgan fingerprint density at radius 2 is 1.29 bits per heavy atom. The van der Waals surface area contributed by atoms with E-state index in [0.29, 0.717) is 13.0 Å². The lowest BCUT2D eigenvalue weighted by Crippen LogP contribution is -2.28. The molecule has 0 aliphatic rings. The van der Waals surface area contributed by atoms with Crippen LogP contribution in [0.4, 0.5) is 0 Å². The maximum absolute atomic E-state index is 12.2. The van der Waals surface area contributed by atoms with Crippen molar-refractivity contribution in [3.63, 3.8) is 0 Å². The number of hydrogen-bond donors (Lipinski definition) is 2. The summed E-state index contributed by atoms with van der Waals surface area (Å²) >= 11 is 0. The van der Waals surface area contributed by atoms with Gasteiger partial charge >= 0.3 is 13.8 Å². The SMILES string of the molecule is CCCCCCCCCCCCOCC(COP(=O)(O)OCCN)OC(=O)CCCCCCC. The zero-order chi connectivity index (χ0) is 25.3. The highest BCUT2D eigenvalue weighted by Gasteiger charge is 2.25. The summed E-state index contributed by atoms with van der Waals surface area (Å²) in [5, 5.41) is 0. The fourth-order valence-corrected chi connectivity index (χ4v) is 4.29. The van der Waals surface area contributed by atoms with E-state index in [-0.39, 0.29) is 32.3 Å². The normalized spacial score (nSPS) is 14.1. The molecule has 0 saturated heterocycles. The third-order valence-electron chi connectivity index (χ3n) is 5.52. The van der Waals surface area contributed by atoms with E-state index in [9.17, 15) is 14.3 Å². The largest absolute Gasteiger partial charge is 0.472 e. The average Bonchev–Trinajstić information content (AvgIpc) is 2.81. The number of phosphoric ester groups is 1. The van der Waals surface area contributed by atoms with Crippen LogP contribution in [0.15, 0.2) is 0 Å². The summed E-state index contributed by atoms with van der Waals surface area (Å²) in [5.74, 6) is -0.344. The first-order valence-electron chi connectivity index (χ1n) is 13.5. The van der Waals surface area contributed by atoms with Crippen molar-refractivity contribution in [2.45, 2.75) is 123 Å². The molecule has 34 heavy (non-hydrogen) atoms. The Labute approximate surface area is 208 Å².